The SMILES string of the molecule is COCCCOc1cc(C[C@@H](C[C@@H](C[C@H]2CCC(=O)O2)NC(=O)OC(C)(C)C)C(C)C)ccc1OC. The van der Waals surface area contributed by atoms with Crippen LogP contribution in [0, 0.1) is 11.8 Å². The van der Waals surface area contributed by atoms with E-state index >= 15 is 0 Å². The number of alkyl carbamates (subject to hydrolysis) is 1. The lowest BCUT2D eigenvalue weighted by atomic mass is 9.83. The minimum absolute atomic E-state index is 0.173. The summed E-state index contributed by atoms with van der Waals surface area (Å²) in [5, 5.41) is 3.05. The summed E-state index contributed by atoms with van der Waals surface area (Å²) in [7, 11) is 3.31. The smallest absolute Gasteiger partial charge is 0.407 e. The quantitative estimate of drug-likeness (QED) is 0.270. The topological polar surface area (TPSA) is 92.3 Å². The maximum absolute atomic E-state index is 12.6. The van der Waals surface area contributed by atoms with E-state index in [4.69, 9.17) is 23.7 Å². The Morgan fingerprint density at radius 1 is 1.17 bits per heavy atom. The first-order valence-corrected chi connectivity index (χ1v) is 13.0. The van der Waals surface area contributed by atoms with Gasteiger partial charge in [0.05, 0.1) is 13.7 Å². The zero-order valence-electron chi connectivity index (χ0n) is 23.1. The number of carbonyl (C=O) groups excluding carboxylic acids is 2. The Hall–Kier alpha value is -2.48. The predicted molar refractivity (Wildman–Crippen MR) is 139 cm³/mol. The Kier molecular flexibility index (Phi) is 11.8. The van der Waals surface area contributed by atoms with E-state index in [0.29, 0.717) is 44.1 Å². The summed E-state index contributed by atoms with van der Waals surface area (Å²) in [6.45, 7) is 11.1. The zero-order chi connectivity index (χ0) is 26.7. The van der Waals surface area contributed by atoms with Crippen molar-refractivity contribution < 1.29 is 33.3 Å². The van der Waals surface area contributed by atoms with Gasteiger partial charge in [-0.05, 0) is 69.6 Å². The highest BCUT2D eigenvalue weighted by molar-refractivity contribution is 5.71. The number of amides is 1. The molecule has 1 aromatic rings. The van der Waals surface area contributed by atoms with E-state index in [0.717, 1.165) is 30.6 Å². The highest BCUT2D eigenvalue weighted by atomic mass is 16.6. The standard InChI is InChI=1S/C28H45NO7/c1-19(2)21(15-20-9-11-24(33-7)25(16-20)34-14-8-13-32-6)17-22(18-23-10-12-26(30)35-23)29-27(31)36-28(3,4)5/h9,11,16,19,21-23H,8,10,12-15,17-18H2,1-7H3,(H,29,31)/t21-,22-,23+/m0/s1. The zero-order valence-corrected chi connectivity index (χ0v) is 23.1. The minimum atomic E-state index is -0.589. The average molecular weight is 508 g/mol. The van der Waals surface area contributed by atoms with Gasteiger partial charge in [0.25, 0.3) is 0 Å². The van der Waals surface area contributed by atoms with Crippen LogP contribution in [0.1, 0.15) is 72.3 Å². The molecule has 0 aliphatic carbocycles. The second kappa shape index (κ2) is 14.3. The fourth-order valence-corrected chi connectivity index (χ4v) is 4.36. The largest absolute Gasteiger partial charge is 0.493 e. The van der Waals surface area contributed by atoms with E-state index in [9.17, 15) is 9.59 Å². The predicted octanol–water partition coefficient (Wildman–Crippen LogP) is 5.30. The molecule has 1 fully saturated rings. The second-order valence-electron chi connectivity index (χ2n) is 10.9. The monoisotopic (exact) mass is 507 g/mol. The first kappa shape index (κ1) is 29.7. The molecule has 0 radical (unpaired) electrons. The fourth-order valence-electron chi connectivity index (χ4n) is 4.36. The van der Waals surface area contributed by atoms with E-state index < -0.39 is 11.7 Å². The van der Waals surface area contributed by atoms with E-state index in [2.05, 4.69) is 25.2 Å². The summed E-state index contributed by atoms with van der Waals surface area (Å²) in [6.07, 6.45) is 3.39. The third-order valence-electron chi connectivity index (χ3n) is 6.24. The van der Waals surface area contributed by atoms with Crippen LogP contribution >= 0.6 is 0 Å². The van der Waals surface area contributed by atoms with E-state index in [1.54, 1.807) is 14.2 Å². The first-order chi connectivity index (χ1) is 17.0. The molecule has 3 atom stereocenters. The molecule has 8 nitrogen and oxygen atoms in total. The van der Waals surface area contributed by atoms with Gasteiger partial charge in [-0.2, -0.15) is 0 Å². The Morgan fingerprint density at radius 2 is 1.92 bits per heavy atom. The van der Waals surface area contributed by atoms with E-state index in [1.165, 1.54) is 0 Å². The number of esters is 1. The molecule has 1 aliphatic heterocycles. The van der Waals surface area contributed by atoms with Gasteiger partial charge in [0, 0.05) is 39.0 Å². The van der Waals surface area contributed by atoms with Crippen molar-refractivity contribution >= 4 is 12.1 Å². The van der Waals surface area contributed by atoms with Crippen molar-refractivity contribution in [2.45, 2.75) is 90.9 Å². The molecule has 0 unspecified atom stereocenters. The van der Waals surface area contributed by atoms with Gasteiger partial charge in [0.15, 0.2) is 11.5 Å². The maximum atomic E-state index is 12.6. The van der Waals surface area contributed by atoms with Crippen molar-refractivity contribution in [3.05, 3.63) is 23.8 Å². The number of hydrogen-bond acceptors (Lipinski definition) is 7. The van der Waals surface area contributed by atoms with Crippen molar-refractivity contribution in [2.75, 3.05) is 27.4 Å². The molecule has 2 rings (SSSR count). The molecule has 1 saturated heterocycles. The normalized spacial score (nSPS) is 17.4. The van der Waals surface area contributed by atoms with Crippen LogP contribution in [0.4, 0.5) is 4.79 Å². The Bertz CT molecular complexity index is 834. The van der Waals surface area contributed by atoms with Crippen LogP contribution in [0.15, 0.2) is 18.2 Å². The Labute approximate surface area is 216 Å². The summed E-state index contributed by atoms with van der Waals surface area (Å²) in [5.41, 5.74) is 0.550. The summed E-state index contributed by atoms with van der Waals surface area (Å²) in [6, 6.07) is 5.86. The molecule has 0 saturated carbocycles. The van der Waals surface area contributed by atoms with Crippen LogP contribution in [-0.2, 0) is 25.4 Å². The van der Waals surface area contributed by atoms with Gasteiger partial charge in [-0.25, -0.2) is 4.79 Å². The van der Waals surface area contributed by atoms with Crippen molar-refractivity contribution in [1.29, 1.82) is 0 Å². The van der Waals surface area contributed by atoms with E-state index in [-0.39, 0.29) is 24.0 Å². The summed E-state index contributed by atoms with van der Waals surface area (Å²) in [5.74, 6) is 1.89. The highest BCUT2D eigenvalue weighted by Gasteiger charge is 2.30. The van der Waals surface area contributed by atoms with Crippen LogP contribution in [0.25, 0.3) is 0 Å². The lowest BCUT2D eigenvalue weighted by molar-refractivity contribution is -0.141. The molecule has 204 valence electrons. The van der Waals surface area contributed by atoms with Crippen LogP contribution < -0.4 is 14.8 Å². The molecule has 1 amide bonds. The van der Waals surface area contributed by atoms with Crippen molar-refractivity contribution in [3.8, 4) is 11.5 Å². The lowest BCUT2D eigenvalue weighted by Gasteiger charge is -2.30. The van der Waals surface area contributed by atoms with Gasteiger partial charge in [-0.15, -0.1) is 0 Å². The summed E-state index contributed by atoms with van der Waals surface area (Å²) in [4.78, 5) is 24.2. The number of nitrogens with one attached hydrogen (secondary N) is 1. The van der Waals surface area contributed by atoms with Gasteiger partial charge < -0.3 is 29.0 Å². The molecule has 1 heterocycles. The summed E-state index contributed by atoms with van der Waals surface area (Å²) >= 11 is 0. The van der Waals surface area contributed by atoms with Gasteiger partial charge in [0.2, 0.25) is 0 Å². The number of benzene rings is 1. The fraction of sp³-hybridized carbons (Fsp3) is 0.714. The van der Waals surface area contributed by atoms with Crippen LogP contribution in [0.3, 0.4) is 0 Å². The Balaban J connectivity index is 2.14. The van der Waals surface area contributed by atoms with Crippen LogP contribution in [0.2, 0.25) is 0 Å². The van der Waals surface area contributed by atoms with Gasteiger partial charge in [-0.3, -0.25) is 4.79 Å². The first-order valence-electron chi connectivity index (χ1n) is 13.0. The molecular formula is C28H45NO7. The number of methoxy groups -OCH3 is 2. The highest BCUT2D eigenvalue weighted by Crippen LogP contribution is 2.32. The molecular weight excluding hydrogens is 462 g/mol. The molecule has 0 aromatic heterocycles. The molecule has 0 spiro atoms. The third kappa shape index (κ3) is 10.6. The maximum Gasteiger partial charge on any atom is 0.407 e. The Morgan fingerprint density at radius 3 is 2.50 bits per heavy atom. The minimum Gasteiger partial charge on any atom is -0.493 e. The molecule has 1 N–H and O–H groups in total. The number of ether oxygens (including phenoxy) is 5. The molecule has 0 bridgehead atoms. The average Bonchev–Trinajstić information content (AvgIpc) is 3.19. The van der Waals surface area contributed by atoms with Crippen molar-refractivity contribution in [3.63, 3.8) is 0 Å². The third-order valence-corrected chi connectivity index (χ3v) is 6.24. The summed E-state index contributed by atoms with van der Waals surface area (Å²) < 4.78 is 27.5. The van der Waals surface area contributed by atoms with Crippen LogP contribution in [-0.4, -0.2) is 57.2 Å². The molecule has 1 aliphatic rings. The number of rotatable bonds is 14. The molecule has 8 heteroatoms. The molecule has 36 heavy (non-hydrogen) atoms. The van der Waals surface area contributed by atoms with Gasteiger partial charge in [-0.1, -0.05) is 19.9 Å². The van der Waals surface area contributed by atoms with Gasteiger partial charge >= 0.3 is 12.1 Å². The number of hydrogen-bond donors (Lipinski definition) is 1. The van der Waals surface area contributed by atoms with Crippen molar-refractivity contribution in [1.82, 2.24) is 5.32 Å². The lowest BCUT2D eigenvalue weighted by Crippen LogP contribution is -2.42. The van der Waals surface area contributed by atoms with Crippen molar-refractivity contribution in [2.24, 2.45) is 11.8 Å². The van der Waals surface area contributed by atoms with E-state index in [1.807, 2.05) is 32.9 Å². The second-order valence-corrected chi connectivity index (χ2v) is 10.9. The van der Waals surface area contributed by atoms with Gasteiger partial charge in [0.1, 0.15) is 11.7 Å². The molecule has 1 aromatic carbocycles. The van der Waals surface area contributed by atoms with Crippen LogP contribution in [0.5, 0.6) is 11.5 Å². The number of carbonyl (C=O) groups is 2. The number of cyclic esters (lactones) is 1.